The Morgan fingerprint density at radius 2 is 2.14 bits per heavy atom. The molecule has 0 bridgehead atoms. The summed E-state index contributed by atoms with van der Waals surface area (Å²) in [5.41, 5.74) is 1.07. The molecule has 1 atom stereocenters. The Balaban J connectivity index is 2.05. The van der Waals surface area contributed by atoms with Crippen molar-refractivity contribution in [3.8, 4) is 5.75 Å². The Morgan fingerprint density at radius 1 is 1.43 bits per heavy atom. The first-order chi connectivity index (χ1) is 10.0. The van der Waals surface area contributed by atoms with Gasteiger partial charge in [0, 0.05) is 12.8 Å². The lowest BCUT2D eigenvalue weighted by Crippen LogP contribution is -2.44. The predicted molar refractivity (Wildman–Crippen MR) is 83.7 cm³/mol. The molecule has 0 heterocycles. The van der Waals surface area contributed by atoms with Gasteiger partial charge in [-0.15, -0.1) is 0 Å². The van der Waals surface area contributed by atoms with Gasteiger partial charge in [0.05, 0.1) is 6.61 Å². The van der Waals surface area contributed by atoms with Crippen LogP contribution in [0.1, 0.15) is 38.7 Å². The van der Waals surface area contributed by atoms with Gasteiger partial charge in [-0.3, -0.25) is 4.79 Å². The summed E-state index contributed by atoms with van der Waals surface area (Å²) in [6, 6.07) is 5.71. The van der Waals surface area contributed by atoms with E-state index in [0.29, 0.717) is 12.5 Å². The van der Waals surface area contributed by atoms with E-state index in [1.165, 1.54) is 0 Å². The number of amides is 1. The lowest BCUT2D eigenvalue weighted by atomic mass is 9.99. The first kappa shape index (κ1) is 15.8. The molecule has 1 aromatic rings. The van der Waals surface area contributed by atoms with Crippen molar-refractivity contribution >= 4 is 11.6 Å². The van der Waals surface area contributed by atoms with Gasteiger partial charge in [-0.25, -0.2) is 0 Å². The molecular formula is C17H25NO3. The van der Waals surface area contributed by atoms with E-state index >= 15 is 0 Å². The molecule has 0 unspecified atom stereocenters. The highest BCUT2D eigenvalue weighted by Crippen LogP contribution is 2.42. The number of ether oxygens (including phenoxy) is 2. The number of hydrogen-bond donors (Lipinski definition) is 1. The first-order valence-electron chi connectivity index (χ1n) is 7.61. The second-order valence-electron chi connectivity index (χ2n) is 5.87. The molecule has 1 fully saturated rings. The number of carbonyl (C=O) groups is 1. The third-order valence-electron chi connectivity index (χ3n) is 4.13. The Morgan fingerprint density at radius 3 is 2.67 bits per heavy atom. The van der Waals surface area contributed by atoms with Gasteiger partial charge in [-0.2, -0.15) is 0 Å². The molecule has 1 N–H and O–H groups in total. The van der Waals surface area contributed by atoms with Gasteiger partial charge in [0.15, 0.2) is 0 Å². The van der Waals surface area contributed by atoms with Gasteiger partial charge < -0.3 is 14.8 Å². The Hall–Kier alpha value is -1.55. The molecule has 116 valence electrons. The van der Waals surface area contributed by atoms with E-state index in [4.69, 9.17) is 9.47 Å². The van der Waals surface area contributed by atoms with Gasteiger partial charge in [-0.05, 0) is 62.8 Å². The van der Waals surface area contributed by atoms with Gasteiger partial charge in [-0.1, -0.05) is 6.92 Å². The highest BCUT2D eigenvalue weighted by atomic mass is 16.5. The molecule has 2 rings (SSSR count). The van der Waals surface area contributed by atoms with E-state index < -0.39 is 5.60 Å². The van der Waals surface area contributed by atoms with Crippen LogP contribution in [-0.2, 0) is 9.53 Å². The maximum atomic E-state index is 12.4. The van der Waals surface area contributed by atoms with E-state index in [1.807, 2.05) is 32.0 Å². The second kappa shape index (κ2) is 6.48. The molecule has 1 aromatic carbocycles. The third kappa shape index (κ3) is 3.56. The van der Waals surface area contributed by atoms with Crippen molar-refractivity contribution in [2.45, 2.75) is 45.6 Å². The van der Waals surface area contributed by atoms with Crippen LogP contribution in [0.25, 0.3) is 0 Å². The minimum atomic E-state index is -0.731. The van der Waals surface area contributed by atoms with Gasteiger partial charge >= 0.3 is 0 Å². The zero-order valence-electron chi connectivity index (χ0n) is 13.4. The maximum Gasteiger partial charge on any atom is 0.256 e. The molecular weight excluding hydrogens is 266 g/mol. The fourth-order valence-corrected chi connectivity index (χ4v) is 2.44. The van der Waals surface area contributed by atoms with Crippen LogP contribution in [0, 0.1) is 12.8 Å². The van der Waals surface area contributed by atoms with Crippen LogP contribution in [0.5, 0.6) is 5.75 Å². The van der Waals surface area contributed by atoms with Crippen LogP contribution in [-0.4, -0.2) is 25.2 Å². The van der Waals surface area contributed by atoms with E-state index in [9.17, 15) is 4.79 Å². The molecule has 0 aromatic heterocycles. The van der Waals surface area contributed by atoms with Crippen LogP contribution < -0.4 is 10.1 Å². The van der Waals surface area contributed by atoms with Crippen LogP contribution in [0.3, 0.4) is 0 Å². The molecule has 1 amide bonds. The molecule has 1 aliphatic rings. The first-order valence-corrected chi connectivity index (χ1v) is 7.61. The quantitative estimate of drug-likeness (QED) is 0.836. The Labute approximate surface area is 126 Å². The molecule has 0 aliphatic heterocycles. The predicted octanol–water partition coefficient (Wildman–Crippen LogP) is 3.54. The monoisotopic (exact) mass is 291 g/mol. The number of hydrogen-bond acceptors (Lipinski definition) is 3. The van der Waals surface area contributed by atoms with Crippen molar-refractivity contribution in [2.75, 3.05) is 19.0 Å². The standard InChI is InChI=1S/C17H25NO3/c1-5-10-21-15-9-8-14(11-12(15)2)18-16(19)17(3,20-4)13-6-7-13/h8-9,11,13H,5-7,10H2,1-4H3,(H,18,19)/t17-/m1/s1. The Kier molecular flexibility index (Phi) is 4.88. The molecule has 0 saturated heterocycles. The fourth-order valence-electron chi connectivity index (χ4n) is 2.44. The summed E-state index contributed by atoms with van der Waals surface area (Å²) in [5.74, 6) is 1.12. The average Bonchev–Trinajstić information content (AvgIpc) is 3.30. The SMILES string of the molecule is CCCOc1ccc(NC(=O)[C@](C)(OC)C2CC2)cc1C. The summed E-state index contributed by atoms with van der Waals surface area (Å²) in [5, 5.41) is 2.96. The molecule has 1 saturated carbocycles. The fraction of sp³-hybridized carbons (Fsp3) is 0.588. The average molecular weight is 291 g/mol. The van der Waals surface area contributed by atoms with Crippen LogP contribution in [0.4, 0.5) is 5.69 Å². The molecule has 4 nitrogen and oxygen atoms in total. The summed E-state index contributed by atoms with van der Waals surface area (Å²) >= 11 is 0. The van der Waals surface area contributed by atoms with Crippen molar-refractivity contribution < 1.29 is 14.3 Å². The summed E-state index contributed by atoms with van der Waals surface area (Å²) in [4.78, 5) is 12.4. The summed E-state index contributed by atoms with van der Waals surface area (Å²) < 4.78 is 11.1. The number of benzene rings is 1. The van der Waals surface area contributed by atoms with Crippen LogP contribution >= 0.6 is 0 Å². The summed E-state index contributed by atoms with van der Waals surface area (Å²) in [6.07, 6.45) is 3.09. The number of nitrogens with one attached hydrogen (secondary N) is 1. The molecule has 1 aliphatic carbocycles. The number of carbonyl (C=O) groups excluding carboxylic acids is 1. The molecule has 0 radical (unpaired) electrons. The van der Waals surface area contributed by atoms with Crippen LogP contribution in [0.2, 0.25) is 0 Å². The third-order valence-corrected chi connectivity index (χ3v) is 4.13. The van der Waals surface area contributed by atoms with Gasteiger partial charge in [0.2, 0.25) is 0 Å². The van der Waals surface area contributed by atoms with Crippen molar-refractivity contribution in [3.63, 3.8) is 0 Å². The number of anilines is 1. The van der Waals surface area contributed by atoms with E-state index in [2.05, 4.69) is 12.2 Å². The topological polar surface area (TPSA) is 47.6 Å². The van der Waals surface area contributed by atoms with Crippen molar-refractivity contribution in [1.29, 1.82) is 0 Å². The maximum absolute atomic E-state index is 12.4. The van der Waals surface area contributed by atoms with Crippen LogP contribution in [0.15, 0.2) is 18.2 Å². The summed E-state index contributed by atoms with van der Waals surface area (Å²) in [7, 11) is 1.60. The highest BCUT2D eigenvalue weighted by Gasteiger charge is 2.47. The van der Waals surface area contributed by atoms with Crippen molar-refractivity contribution in [1.82, 2.24) is 0 Å². The van der Waals surface area contributed by atoms with Gasteiger partial charge in [0.25, 0.3) is 5.91 Å². The van der Waals surface area contributed by atoms with Crippen molar-refractivity contribution in [2.24, 2.45) is 5.92 Å². The second-order valence-corrected chi connectivity index (χ2v) is 5.87. The molecule has 21 heavy (non-hydrogen) atoms. The highest BCUT2D eigenvalue weighted by molar-refractivity contribution is 5.97. The smallest absolute Gasteiger partial charge is 0.256 e. The largest absolute Gasteiger partial charge is 0.493 e. The minimum Gasteiger partial charge on any atom is -0.493 e. The van der Waals surface area contributed by atoms with E-state index in [-0.39, 0.29) is 5.91 Å². The van der Waals surface area contributed by atoms with Gasteiger partial charge in [0.1, 0.15) is 11.4 Å². The zero-order chi connectivity index (χ0) is 15.5. The molecule has 0 spiro atoms. The summed E-state index contributed by atoms with van der Waals surface area (Å²) in [6.45, 7) is 6.63. The minimum absolute atomic E-state index is 0.0749. The van der Waals surface area contributed by atoms with E-state index in [0.717, 1.165) is 36.3 Å². The Bertz CT molecular complexity index is 511. The number of aryl methyl sites for hydroxylation is 1. The van der Waals surface area contributed by atoms with E-state index in [1.54, 1.807) is 7.11 Å². The number of methoxy groups -OCH3 is 1. The lowest BCUT2D eigenvalue weighted by molar-refractivity contribution is -0.138. The lowest BCUT2D eigenvalue weighted by Gasteiger charge is -2.26. The molecule has 4 heteroatoms. The zero-order valence-corrected chi connectivity index (χ0v) is 13.4. The van der Waals surface area contributed by atoms with Crippen molar-refractivity contribution in [3.05, 3.63) is 23.8 Å². The normalized spacial score (nSPS) is 17.1. The number of rotatable bonds is 7.